The van der Waals surface area contributed by atoms with Gasteiger partial charge in [0.15, 0.2) is 0 Å². The molecule has 17 heavy (non-hydrogen) atoms. The Morgan fingerprint density at radius 3 is 2.88 bits per heavy atom. The fourth-order valence-electron chi connectivity index (χ4n) is 1.96. The number of nitrogens with one attached hydrogen (secondary N) is 1. The monoisotopic (exact) mass is 239 g/mol. The lowest BCUT2D eigenvalue weighted by Gasteiger charge is -2.34. The van der Waals surface area contributed by atoms with Crippen molar-refractivity contribution in [2.45, 2.75) is 38.0 Å². The first-order valence-electron chi connectivity index (χ1n) is 5.72. The van der Waals surface area contributed by atoms with E-state index in [2.05, 4.69) is 10.1 Å². The molecule has 1 unspecified atom stereocenters. The molecule has 1 aromatic rings. The zero-order chi connectivity index (χ0) is 12.4. The molecule has 0 spiro atoms. The number of rotatable bonds is 4. The number of aliphatic hydroxyl groups excluding tert-OH is 1. The maximum atomic E-state index is 11.2. The minimum absolute atomic E-state index is 0.0194. The predicted octanol–water partition coefficient (Wildman–Crippen LogP) is 1.24. The first kappa shape index (κ1) is 12.1. The van der Waals surface area contributed by atoms with Crippen LogP contribution < -0.4 is 5.32 Å². The number of furan rings is 1. The number of hydrogen-bond acceptors (Lipinski definition) is 5. The van der Waals surface area contributed by atoms with E-state index < -0.39 is 5.97 Å². The second-order valence-electron chi connectivity index (χ2n) is 4.40. The van der Waals surface area contributed by atoms with Crippen molar-refractivity contribution in [2.75, 3.05) is 7.11 Å². The lowest BCUT2D eigenvalue weighted by Crippen LogP contribution is -2.44. The average Bonchev–Trinajstić information content (AvgIpc) is 2.75. The maximum absolute atomic E-state index is 11.2. The number of methoxy groups -OCH3 is 1. The minimum Gasteiger partial charge on any atom is -0.463 e. The molecule has 94 valence electrons. The van der Waals surface area contributed by atoms with E-state index in [1.807, 2.05) is 6.92 Å². The van der Waals surface area contributed by atoms with Gasteiger partial charge in [0.25, 0.3) is 0 Å². The SMILES string of the molecule is COC(=O)c1ccc(C(C)NC2CC(O)C2)o1. The van der Waals surface area contributed by atoms with Gasteiger partial charge in [-0.3, -0.25) is 0 Å². The first-order valence-corrected chi connectivity index (χ1v) is 5.72. The van der Waals surface area contributed by atoms with Crippen LogP contribution in [-0.2, 0) is 4.74 Å². The third kappa shape index (κ3) is 2.68. The summed E-state index contributed by atoms with van der Waals surface area (Å²) < 4.78 is 9.97. The van der Waals surface area contributed by atoms with Crippen molar-refractivity contribution in [3.8, 4) is 0 Å². The number of esters is 1. The van der Waals surface area contributed by atoms with Gasteiger partial charge >= 0.3 is 5.97 Å². The number of hydrogen-bond donors (Lipinski definition) is 2. The van der Waals surface area contributed by atoms with Crippen LogP contribution in [-0.4, -0.2) is 30.3 Å². The Labute approximate surface area is 99.8 Å². The average molecular weight is 239 g/mol. The second-order valence-corrected chi connectivity index (χ2v) is 4.40. The summed E-state index contributed by atoms with van der Waals surface area (Å²) in [6, 6.07) is 3.71. The highest BCUT2D eigenvalue weighted by Crippen LogP contribution is 2.24. The molecule has 1 heterocycles. The molecule has 1 saturated carbocycles. The summed E-state index contributed by atoms with van der Waals surface area (Å²) in [4.78, 5) is 11.2. The van der Waals surface area contributed by atoms with Crippen LogP contribution in [0.1, 0.15) is 42.1 Å². The molecule has 2 N–H and O–H groups in total. The van der Waals surface area contributed by atoms with Gasteiger partial charge in [-0.15, -0.1) is 0 Å². The largest absolute Gasteiger partial charge is 0.463 e. The molecule has 1 aliphatic rings. The van der Waals surface area contributed by atoms with Crippen LogP contribution >= 0.6 is 0 Å². The zero-order valence-electron chi connectivity index (χ0n) is 9.97. The van der Waals surface area contributed by atoms with E-state index in [9.17, 15) is 9.90 Å². The molecule has 1 atom stereocenters. The Morgan fingerprint density at radius 2 is 2.29 bits per heavy atom. The number of ether oxygens (including phenoxy) is 1. The van der Waals surface area contributed by atoms with Crippen LogP contribution in [0.15, 0.2) is 16.5 Å². The summed E-state index contributed by atoms with van der Waals surface area (Å²) in [7, 11) is 1.32. The molecule has 5 heteroatoms. The third-order valence-electron chi connectivity index (χ3n) is 3.04. The Bertz CT molecular complexity index is 395. The third-order valence-corrected chi connectivity index (χ3v) is 3.04. The minimum atomic E-state index is -0.470. The zero-order valence-corrected chi connectivity index (χ0v) is 9.97. The molecule has 0 bridgehead atoms. The van der Waals surface area contributed by atoms with Gasteiger partial charge in [0.1, 0.15) is 5.76 Å². The lowest BCUT2D eigenvalue weighted by atomic mass is 9.89. The van der Waals surface area contributed by atoms with Crippen molar-refractivity contribution in [1.29, 1.82) is 0 Å². The van der Waals surface area contributed by atoms with Crippen molar-refractivity contribution >= 4 is 5.97 Å². The van der Waals surface area contributed by atoms with Gasteiger partial charge in [0, 0.05) is 6.04 Å². The summed E-state index contributed by atoms with van der Waals surface area (Å²) >= 11 is 0. The van der Waals surface area contributed by atoms with Gasteiger partial charge in [0.2, 0.25) is 5.76 Å². The van der Waals surface area contributed by atoms with Crippen LogP contribution in [0.5, 0.6) is 0 Å². The van der Waals surface area contributed by atoms with Gasteiger partial charge < -0.3 is 19.6 Å². The van der Waals surface area contributed by atoms with Crippen molar-refractivity contribution in [3.05, 3.63) is 23.7 Å². The fourth-order valence-corrected chi connectivity index (χ4v) is 1.96. The molecule has 2 rings (SSSR count). The van der Waals surface area contributed by atoms with Crippen LogP contribution in [0.2, 0.25) is 0 Å². The van der Waals surface area contributed by atoms with E-state index in [-0.39, 0.29) is 17.9 Å². The highest BCUT2D eigenvalue weighted by Gasteiger charge is 2.29. The molecular weight excluding hydrogens is 222 g/mol. The van der Waals surface area contributed by atoms with E-state index in [1.165, 1.54) is 7.11 Å². The van der Waals surface area contributed by atoms with Gasteiger partial charge in [-0.05, 0) is 31.9 Å². The van der Waals surface area contributed by atoms with Crippen molar-refractivity contribution in [2.24, 2.45) is 0 Å². The summed E-state index contributed by atoms with van der Waals surface area (Å²) in [5.74, 6) is 0.444. The second kappa shape index (κ2) is 4.89. The van der Waals surface area contributed by atoms with Crippen LogP contribution in [0, 0.1) is 0 Å². The normalized spacial score (nSPS) is 25.1. The number of carbonyl (C=O) groups excluding carboxylic acids is 1. The van der Waals surface area contributed by atoms with E-state index >= 15 is 0 Å². The summed E-state index contributed by atoms with van der Waals surface area (Å²) in [5.41, 5.74) is 0. The molecule has 0 saturated heterocycles. The van der Waals surface area contributed by atoms with Crippen molar-refractivity contribution < 1.29 is 19.1 Å². The topological polar surface area (TPSA) is 71.7 Å². The molecule has 1 aromatic heterocycles. The highest BCUT2D eigenvalue weighted by molar-refractivity contribution is 5.86. The molecule has 5 nitrogen and oxygen atoms in total. The Hall–Kier alpha value is -1.33. The predicted molar refractivity (Wildman–Crippen MR) is 60.6 cm³/mol. The quantitative estimate of drug-likeness (QED) is 0.773. The van der Waals surface area contributed by atoms with Gasteiger partial charge in [-0.25, -0.2) is 4.79 Å². The Balaban J connectivity index is 1.92. The maximum Gasteiger partial charge on any atom is 0.373 e. The molecule has 1 fully saturated rings. The molecule has 0 amide bonds. The molecule has 0 aliphatic heterocycles. The van der Waals surface area contributed by atoms with E-state index in [0.717, 1.165) is 12.8 Å². The van der Waals surface area contributed by atoms with Crippen LogP contribution in [0.3, 0.4) is 0 Å². The van der Waals surface area contributed by atoms with Gasteiger partial charge in [0.05, 0.1) is 19.3 Å². The number of carbonyl (C=O) groups is 1. The standard InChI is InChI=1S/C12H17NO4/c1-7(13-8-5-9(14)6-8)10-3-4-11(17-10)12(15)16-2/h3-4,7-9,13-14H,5-6H2,1-2H3. The summed E-state index contributed by atoms with van der Waals surface area (Å²) in [6.45, 7) is 1.96. The summed E-state index contributed by atoms with van der Waals surface area (Å²) in [6.07, 6.45) is 1.37. The summed E-state index contributed by atoms with van der Waals surface area (Å²) in [5, 5.41) is 12.5. The van der Waals surface area contributed by atoms with E-state index in [4.69, 9.17) is 4.42 Å². The van der Waals surface area contributed by atoms with Crippen LogP contribution in [0.25, 0.3) is 0 Å². The Kier molecular flexibility index (Phi) is 3.49. The Morgan fingerprint density at radius 1 is 1.59 bits per heavy atom. The fraction of sp³-hybridized carbons (Fsp3) is 0.583. The molecule has 0 aromatic carbocycles. The smallest absolute Gasteiger partial charge is 0.373 e. The first-order chi connectivity index (χ1) is 8.10. The van der Waals surface area contributed by atoms with Gasteiger partial charge in [-0.2, -0.15) is 0 Å². The lowest BCUT2D eigenvalue weighted by molar-refractivity contribution is 0.0548. The van der Waals surface area contributed by atoms with Crippen LogP contribution in [0.4, 0.5) is 0 Å². The van der Waals surface area contributed by atoms with Gasteiger partial charge in [-0.1, -0.05) is 0 Å². The molecular formula is C12H17NO4. The molecule has 1 aliphatic carbocycles. The van der Waals surface area contributed by atoms with E-state index in [1.54, 1.807) is 12.1 Å². The van der Waals surface area contributed by atoms with Crippen molar-refractivity contribution in [1.82, 2.24) is 5.32 Å². The molecule has 0 radical (unpaired) electrons. The number of aliphatic hydroxyl groups is 1. The van der Waals surface area contributed by atoms with Crippen molar-refractivity contribution in [3.63, 3.8) is 0 Å². The van der Waals surface area contributed by atoms with E-state index in [0.29, 0.717) is 11.8 Å². The highest BCUT2D eigenvalue weighted by atomic mass is 16.5.